The van der Waals surface area contributed by atoms with E-state index in [4.69, 9.17) is 14.0 Å². The maximum Gasteiger partial charge on any atom is 0.243 e. The molecule has 0 N–H and O–H groups in total. The lowest BCUT2D eigenvalue weighted by Crippen LogP contribution is -2.51. The van der Waals surface area contributed by atoms with Gasteiger partial charge in [-0.1, -0.05) is 5.16 Å². The van der Waals surface area contributed by atoms with Crippen LogP contribution >= 0.6 is 0 Å². The smallest absolute Gasteiger partial charge is 0.243 e. The Kier molecular flexibility index (Phi) is 6.50. The molecule has 1 amide bonds. The van der Waals surface area contributed by atoms with Gasteiger partial charge in [-0.15, -0.1) is 0 Å². The van der Waals surface area contributed by atoms with Gasteiger partial charge in [0.05, 0.1) is 10.6 Å². The van der Waals surface area contributed by atoms with E-state index in [0.717, 1.165) is 31.1 Å². The normalized spacial score (nSPS) is 20.4. The van der Waals surface area contributed by atoms with Crippen LogP contribution in [-0.2, 0) is 21.4 Å². The minimum atomic E-state index is -3.65. The number of hydrogen-bond donors (Lipinski definition) is 0. The van der Waals surface area contributed by atoms with Crippen molar-refractivity contribution in [1.82, 2.24) is 19.3 Å². The van der Waals surface area contributed by atoms with Crippen LogP contribution in [0.2, 0.25) is 0 Å². The van der Waals surface area contributed by atoms with Crippen LogP contribution in [-0.4, -0.2) is 86.1 Å². The number of aryl methyl sites for hydroxylation is 1. The zero-order chi connectivity index (χ0) is 23.7. The molecule has 1 aromatic heterocycles. The van der Waals surface area contributed by atoms with E-state index in [2.05, 4.69) is 10.1 Å². The molecule has 0 spiro atoms. The molecule has 34 heavy (non-hydrogen) atoms. The highest BCUT2D eigenvalue weighted by Crippen LogP contribution is 2.34. The molecular weight excluding hydrogens is 460 g/mol. The first-order valence-electron chi connectivity index (χ1n) is 11.7. The summed E-state index contributed by atoms with van der Waals surface area (Å²) < 4.78 is 43.9. The third-order valence-corrected chi connectivity index (χ3v) is 8.60. The number of aromatic nitrogens is 1. The van der Waals surface area contributed by atoms with Gasteiger partial charge in [-0.2, -0.15) is 4.31 Å². The summed E-state index contributed by atoms with van der Waals surface area (Å²) in [6, 6.07) is 6.66. The van der Waals surface area contributed by atoms with Crippen molar-refractivity contribution in [2.75, 3.05) is 52.5 Å². The molecule has 0 atom stereocenters. The Morgan fingerprint density at radius 2 is 1.71 bits per heavy atom. The predicted molar refractivity (Wildman–Crippen MR) is 122 cm³/mol. The van der Waals surface area contributed by atoms with Crippen molar-refractivity contribution >= 4 is 15.9 Å². The van der Waals surface area contributed by atoms with Gasteiger partial charge in [0.15, 0.2) is 11.5 Å². The molecule has 0 radical (unpaired) electrons. The fraction of sp³-hybridized carbons (Fsp3) is 0.565. The Morgan fingerprint density at radius 1 is 1.00 bits per heavy atom. The largest absolute Gasteiger partial charge is 0.486 e. The minimum Gasteiger partial charge on any atom is -0.486 e. The number of ether oxygens (including phenoxy) is 2. The van der Waals surface area contributed by atoms with E-state index in [-0.39, 0.29) is 16.7 Å². The molecule has 5 rings (SSSR count). The summed E-state index contributed by atoms with van der Waals surface area (Å²) in [6.45, 7) is 7.03. The molecule has 0 unspecified atom stereocenters. The molecule has 11 heteroatoms. The van der Waals surface area contributed by atoms with Gasteiger partial charge in [-0.25, -0.2) is 8.42 Å². The first kappa shape index (κ1) is 23.1. The summed E-state index contributed by atoms with van der Waals surface area (Å²) in [5.74, 6) is 1.80. The van der Waals surface area contributed by atoms with Crippen molar-refractivity contribution in [1.29, 1.82) is 0 Å². The molecule has 2 aromatic rings. The highest BCUT2D eigenvalue weighted by molar-refractivity contribution is 7.89. The average molecular weight is 491 g/mol. The number of fused-ring (bicyclic) bond motifs is 1. The third-order valence-electron chi connectivity index (χ3n) is 6.70. The standard InChI is InChI=1S/C23H30N4O6S/c1-17-14-19(24-33-17)16-25-8-10-26(11-9-25)23(28)18-4-6-27(7-5-18)34(29,30)20-2-3-21-22(15-20)32-13-12-31-21/h2-3,14-15,18H,4-13,16H2,1H3. The van der Waals surface area contributed by atoms with E-state index in [1.54, 1.807) is 12.1 Å². The van der Waals surface area contributed by atoms with Gasteiger partial charge in [0.1, 0.15) is 19.0 Å². The molecule has 4 heterocycles. The number of carbonyl (C=O) groups is 1. The summed E-state index contributed by atoms with van der Waals surface area (Å²) >= 11 is 0. The van der Waals surface area contributed by atoms with Gasteiger partial charge in [0, 0.05) is 63.9 Å². The van der Waals surface area contributed by atoms with Crippen molar-refractivity contribution < 1.29 is 27.2 Å². The molecule has 2 fully saturated rings. The molecule has 0 aliphatic carbocycles. The molecule has 1 aromatic carbocycles. The summed E-state index contributed by atoms with van der Waals surface area (Å²) in [5.41, 5.74) is 0.906. The van der Waals surface area contributed by atoms with Gasteiger partial charge in [0.2, 0.25) is 15.9 Å². The van der Waals surface area contributed by atoms with E-state index in [1.165, 1.54) is 10.4 Å². The first-order chi connectivity index (χ1) is 16.4. The van der Waals surface area contributed by atoms with E-state index < -0.39 is 10.0 Å². The van der Waals surface area contributed by atoms with E-state index in [1.807, 2.05) is 17.9 Å². The van der Waals surface area contributed by atoms with Crippen molar-refractivity contribution in [3.05, 3.63) is 35.7 Å². The summed E-state index contributed by atoms with van der Waals surface area (Å²) in [7, 11) is -3.65. The Bertz CT molecular complexity index is 1130. The molecular formula is C23H30N4O6S. The number of carbonyl (C=O) groups excluding carboxylic acids is 1. The number of piperidine rings is 1. The quantitative estimate of drug-likeness (QED) is 0.621. The van der Waals surface area contributed by atoms with Crippen LogP contribution in [0, 0.1) is 12.8 Å². The topological polar surface area (TPSA) is 105 Å². The molecule has 0 bridgehead atoms. The Labute approximate surface area is 199 Å². The summed E-state index contributed by atoms with van der Waals surface area (Å²) in [4.78, 5) is 17.5. The van der Waals surface area contributed by atoms with Crippen LogP contribution in [0.5, 0.6) is 11.5 Å². The Balaban J connectivity index is 1.13. The van der Waals surface area contributed by atoms with Crippen LogP contribution < -0.4 is 9.47 Å². The van der Waals surface area contributed by atoms with E-state index >= 15 is 0 Å². The highest BCUT2D eigenvalue weighted by Gasteiger charge is 2.35. The van der Waals surface area contributed by atoms with Crippen LogP contribution in [0.3, 0.4) is 0 Å². The van der Waals surface area contributed by atoms with E-state index in [0.29, 0.717) is 63.7 Å². The highest BCUT2D eigenvalue weighted by atomic mass is 32.2. The number of amides is 1. The number of piperazine rings is 1. The molecule has 2 saturated heterocycles. The second kappa shape index (κ2) is 9.55. The van der Waals surface area contributed by atoms with Gasteiger partial charge >= 0.3 is 0 Å². The zero-order valence-electron chi connectivity index (χ0n) is 19.3. The van der Waals surface area contributed by atoms with Crippen LogP contribution in [0.15, 0.2) is 33.7 Å². The maximum atomic E-state index is 13.2. The summed E-state index contributed by atoms with van der Waals surface area (Å²) in [6.07, 6.45) is 1.06. The van der Waals surface area contributed by atoms with Gasteiger partial charge in [-0.05, 0) is 31.9 Å². The number of nitrogens with zero attached hydrogens (tertiary/aromatic N) is 4. The predicted octanol–water partition coefficient (Wildman–Crippen LogP) is 1.50. The van der Waals surface area contributed by atoms with Crippen LogP contribution in [0.25, 0.3) is 0 Å². The Hall–Kier alpha value is -2.63. The molecule has 3 aliphatic heterocycles. The molecule has 3 aliphatic rings. The average Bonchev–Trinajstić information content (AvgIpc) is 3.28. The fourth-order valence-corrected chi connectivity index (χ4v) is 6.27. The lowest BCUT2D eigenvalue weighted by molar-refractivity contribution is -0.138. The number of benzene rings is 1. The third kappa shape index (κ3) is 4.77. The van der Waals surface area contributed by atoms with Gasteiger partial charge < -0.3 is 18.9 Å². The first-order valence-corrected chi connectivity index (χ1v) is 13.2. The number of rotatable bonds is 5. The number of sulfonamides is 1. The van der Waals surface area contributed by atoms with Crippen molar-refractivity contribution in [3.63, 3.8) is 0 Å². The second-order valence-electron chi connectivity index (χ2n) is 9.01. The lowest BCUT2D eigenvalue weighted by atomic mass is 9.96. The van der Waals surface area contributed by atoms with Crippen molar-refractivity contribution in [2.45, 2.75) is 31.2 Å². The van der Waals surface area contributed by atoms with Crippen molar-refractivity contribution in [3.8, 4) is 11.5 Å². The summed E-state index contributed by atoms with van der Waals surface area (Å²) in [5, 5.41) is 4.04. The maximum absolute atomic E-state index is 13.2. The monoisotopic (exact) mass is 490 g/mol. The molecule has 0 saturated carbocycles. The van der Waals surface area contributed by atoms with Crippen LogP contribution in [0.4, 0.5) is 0 Å². The second-order valence-corrected chi connectivity index (χ2v) is 11.0. The van der Waals surface area contributed by atoms with Crippen LogP contribution in [0.1, 0.15) is 24.3 Å². The van der Waals surface area contributed by atoms with E-state index in [9.17, 15) is 13.2 Å². The van der Waals surface area contributed by atoms with Gasteiger partial charge in [-0.3, -0.25) is 9.69 Å². The Morgan fingerprint density at radius 3 is 2.38 bits per heavy atom. The SMILES string of the molecule is Cc1cc(CN2CCN(C(=O)C3CCN(S(=O)(=O)c4ccc5c(c4)OCCO5)CC3)CC2)no1. The molecule has 184 valence electrons. The number of hydrogen-bond acceptors (Lipinski definition) is 8. The fourth-order valence-electron chi connectivity index (χ4n) is 4.78. The van der Waals surface area contributed by atoms with Crippen molar-refractivity contribution in [2.24, 2.45) is 5.92 Å². The zero-order valence-corrected chi connectivity index (χ0v) is 20.1. The molecule has 10 nitrogen and oxygen atoms in total. The minimum absolute atomic E-state index is 0.133. The van der Waals surface area contributed by atoms with Gasteiger partial charge in [0.25, 0.3) is 0 Å². The lowest BCUT2D eigenvalue weighted by Gasteiger charge is -2.38.